The first kappa shape index (κ1) is 18.4. The van der Waals surface area contributed by atoms with Gasteiger partial charge < -0.3 is 5.32 Å². The molecule has 0 unspecified atom stereocenters. The van der Waals surface area contributed by atoms with Gasteiger partial charge in [0.05, 0.1) is 26.8 Å². The second kappa shape index (κ2) is 6.70. The van der Waals surface area contributed by atoms with E-state index in [0.29, 0.717) is 28.6 Å². The van der Waals surface area contributed by atoms with Gasteiger partial charge in [-0.1, -0.05) is 12.1 Å². The SMILES string of the molecule is N#Cc1sc2c(NC3CCS(=O)(=O)CC3)cccc2c1SC(F)(F)F. The molecular weight excluding hydrogens is 393 g/mol. The summed E-state index contributed by atoms with van der Waals surface area (Å²) in [5.41, 5.74) is -3.84. The molecule has 3 rings (SSSR count). The number of rotatable bonds is 3. The number of thioether (sulfide) groups is 1. The molecule has 1 N–H and O–H groups in total. The highest BCUT2D eigenvalue weighted by Gasteiger charge is 2.33. The van der Waals surface area contributed by atoms with Crippen LogP contribution in [0.5, 0.6) is 0 Å². The van der Waals surface area contributed by atoms with Crippen molar-refractivity contribution >= 4 is 48.7 Å². The lowest BCUT2D eigenvalue weighted by atomic mass is 10.1. The highest BCUT2D eigenvalue weighted by molar-refractivity contribution is 8.00. The Kier molecular flexibility index (Phi) is 4.92. The van der Waals surface area contributed by atoms with E-state index in [4.69, 9.17) is 0 Å². The van der Waals surface area contributed by atoms with Gasteiger partial charge in [-0.15, -0.1) is 11.3 Å². The second-order valence-electron chi connectivity index (χ2n) is 5.67. The fraction of sp³-hybridized carbons (Fsp3) is 0.400. The monoisotopic (exact) mass is 406 g/mol. The molecule has 2 heterocycles. The van der Waals surface area contributed by atoms with Gasteiger partial charge >= 0.3 is 5.51 Å². The average Bonchev–Trinajstić information content (AvgIpc) is 2.87. The maximum absolute atomic E-state index is 12.8. The van der Waals surface area contributed by atoms with Crippen LogP contribution >= 0.6 is 23.1 Å². The number of benzene rings is 1. The zero-order chi connectivity index (χ0) is 18.2. The lowest BCUT2D eigenvalue weighted by Crippen LogP contribution is -2.32. The summed E-state index contributed by atoms with van der Waals surface area (Å²) in [7, 11) is -2.99. The van der Waals surface area contributed by atoms with Crippen LogP contribution < -0.4 is 5.32 Å². The summed E-state index contributed by atoms with van der Waals surface area (Å²) in [6.07, 6.45) is 0.915. The summed E-state index contributed by atoms with van der Waals surface area (Å²) in [6, 6.07) is 6.73. The van der Waals surface area contributed by atoms with E-state index in [1.165, 1.54) is 0 Å². The molecule has 0 amide bonds. The summed E-state index contributed by atoms with van der Waals surface area (Å²) in [6.45, 7) is 0. The van der Waals surface area contributed by atoms with E-state index in [9.17, 15) is 26.9 Å². The molecule has 0 spiro atoms. The first-order valence-corrected chi connectivity index (χ1v) is 10.8. The van der Waals surface area contributed by atoms with Crippen LogP contribution in [0.4, 0.5) is 18.9 Å². The topological polar surface area (TPSA) is 70.0 Å². The third-order valence-electron chi connectivity index (χ3n) is 3.90. The Morgan fingerprint density at radius 3 is 2.56 bits per heavy atom. The predicted molar refractivity (Wildman–Crippen MR) is 93.8 cm³/mol. The maximum Gasteiger partial charge on any atom is 0.446 e. The molecule has 4 nitrogen and oxygen atoms in total. The summed E-state index contributed by atoms with van der Waals surface area (Å²) in [4.78, 5) is -0.0531. The van der Waals surface area contributed by atoms with Gasteiger partial charge in [0.25, 0.3) is 0 Å². The molecule has 1 aliphatic heterocycles. The molecule has 1 aromatic carbocycles. The lowest BCUT2D eigenvalue weighted by molar-refractivity contribution is -0.0327. The van der Waals surface area contributed by atoms with E-state index in [2.05, 4.69) is 5.32 Å². The standard InChI is InChI=1S/C15H13F3N2O2S3/c16-15(17,18)24-14-10-2-1-3-11(13(10)23-12(14)8-19)20-9-4-6-25(21,22)7-5-9/h1-3,9,20H,4-7H2. The van der Waals surface area contributed by atoms with Crippen molar-refractivity contribution in [1.82, 2.24) is 0 Å². The van der Waals surface area contributed by atoms with E-state index in [-0.39, 0.29) is 39.1 Å². The maximum atomic E-state index is 12.8. The minimum absolute atomic E-state index is 0.0257. The van der Waals surface area contributed by atoms with Crippen LogP contribution in [0.3, 0.4) is 0 Å². The van der Waals surface area contributed by atoms with E-state index in [0.717, 1.165) is 11.3 Å². The molecule has 0 atom stereocenters. The summed E-state index contributed by atoms with van der Waals surface area (Å²) < 4.78 is 62.0. The third kappa shape index (κ3) is 4.22. The summed E-state index contributed by atoms with van der Waals surface area (Å²) >= 11 is 0.740. The van der Waals surface area contributed by atoms with Crippen molar-refractivity contribution in [3.8, 4) is 6.07 Å². The van der Waals surface area contributed by atoms with Crippen LogP contribution in [0.2, 0.25) is 0 Å². The van der Waals surface area contributed by atoms with Gasteiger partial charge in [0.2, 0.25) is 0 Å². The molecule has 2 aromatic rings. The van der Waals surface area contributed by atoms with E-state index < -0.39 is 15.3 Å². The van der Waals surface area contributed by atoms with Crippen molar-refractivity contribution in [2.75, 3.05) is 16.8 Å². The Morgan fingerprint density at radius 2 is 1.96 bits per heavy atom. The highest BCUT2D eigenvalue weighted by atomic mass is 32.2. The van der Waals surface area contributed by atoms with Gasteiger partial charge in [-0.25, -0.2) is 8.42 Å². The number of nitrogens with one attached hydrogen (secondary N) is 1. The zero-order valence-corrected chi connectivity index (χ0v) is 15.2. The van der Waals surface area contributed by atoms with Crippen LogP contribution in [0.15, 0.2) is 23.1 Å². The fourth-order valence-corrected chi connectivity index (χ4v) is 6.18. The number of hydrogen-bond donors (Lipinski definition) is 1. The first-order chi connectivity index (χ1) is 11.7. The van der Waals surface area contributed by atoms with Crippen LogP contribution in [0.25, 0.3) is 10.1 Å². The molecule has 10 heteroatoms. The number of alkyl halides is 3. The average molecular weight is 406 g/mol. The molecule has 0 radical (unpaired) electrons. The van der Waals surface area contributed by atoms with Crippen molar-refractivity contribution in [2.24, 2.45) is 0 Å². The Balaban J connectivity index is 1.94. The van der Waals surface area contributed by atoms with Gasteiger partial charge in [-0.3, -0.25) is 0 Å². The molecule has 1 aromatic heterocycles. The number of anilines is 1. The zero-order valence-electron chi connectivity index (χ0n) is 12.8. The Bertz CT molecular complexity index is 931. The van der Waals surface area contributed by atoms with Crippen molar-refractivity contribution in [1.29, 1.82) is 5.26 Å². The summed E-state index contributed by atoms with van der Waals surface area (Å²) in [5, 5.41) is 12.8. The minimum Gasteiger partial charge on any atom is -0.381 e. The van der Waals surface area contributed by atoms with E-state index in [1.807, 2.05) is 6.07 Å². The molecule has 0 aliphatic carbocycles. The summed E-state index contributed by atoms with van der Waals surface area (Å²) in [5.74, 6) is 0.202. The number of nitriles is 1. The number of halogens is 3. The van der Waals surface area contributed by atoms with Crippen molar-refractivity contribution in [3.63, 3.8) is 0 Å². The highest BCUT2D eigenvalue weighted by Crippen LogP contribution is 2.47. The third-order valence-corrected chi connectivity index (χ3v) is 7.75. The second-order valence-corrected chi connectivity index (χ2v) is 10.1. The van der Waals surface area contributed by atoms with Crippen LogP contribution in [0.1, 0.15) is 17.7 Å². The number of sulfone groups is 1. The van der Waals surface area contributed by atoms with Gasteiger partial charge in [0, 0.05) is 11.4 Å². The molecule has 1 aliphatic rings. The van der Waals surface area contributed by atoms with Gasteiger partial charge in [-0.05, 0) is 30.7 Å². The quantitative estimate of drug-likeness (QED) is 0.767. The van der Waals surface area contributed by atoms with Crippen LogP contribution in [-0.4, -0.2) is 31.5 Å². The first-order valence-electron chi connectivity index (χ1n) is 7.37. The van der Waals surface area contributed by atoms with Crippen molar-refractivity contribution in [2.45, 2.75) is 29.3 Å². The van der Waals surface area contributed by atoms with Crippen molar-refractivity contribution in [3.05, 3.63) is 23.1 Å². The Labute approximate surface area is 150 Å². The molecule has 1 saturated heterocycles. The lowest BCUT2D eigenvalue weighted by Gasteiger charge is -2.24. The number of nitrogens with zero attached hydrogens (tertiary/aromatic N) is 1. The normalized spacial score (nSPS) is 18.2. The van der Waals surface area contributed by atoms with E-state index >= 15 is 0 Å². The Hall–Kier alpha value is -1.44. The van der Waals surface area contributed by atoms with Crippen LogP contribution in [-0.2, 0) is 9.84 Å². The number of fused-ring (bicyclic) bond motifs is 1. The largest absolute Gasteiger partial charge is 0.446 e. The molecule has 25 heavy (non-hydrogen) atoms. The Morgan fingerprint density at radius 1 is 1.28 bits per heavy atom. The van der Waals surface area contributed by atoms with E-state index in [1.54, 1.807) is 18.2 Å². The molecule has 1 fully saturated rings. The van der Waals surface area contributed by atoms with Gasteiger partial charge in [0.15, 0.2) is 0 Å². The predicted octanol–water partition coefficient (Wildman–Crippen LogP) is 4.37. The number of hydrogen-bond acceptors (Lipinski definition) is 6. The fourth-order valence-electron chi connectivity index (χ4n) is 2.76. The van der Waals surface area contributed by atoms with Crippen molar-refractivity contribution < 1.29 is 21.6 Å². The number of thiophene rings is 1. The van der Waals surface area contributed by atoms with Gasteiger partial charge in [-0.2, -0.15) is 18.4 Å². The molecular formula is C15H13F3N2O2S3. The molecule has 0 bridgehead atoms. The molecule has 0 saturated carbocycles. The smallest absolute Gasteiger partial charge is 0.381 e. The minimum atomic E-state index is -4.47. The van der Waals surface area contributed by atoms with Crippen LogP contribution in [0, 0.1) is 11.3 Å². The molecule has 134 valence electrons. The van der Waals surface area contributed by atoms with Gasteiger partial charge in [0.1, 0.15) is 20.8 Å².